The molecular weight excluding hydrogens is 234 g/mol. The highest BCUT2D eigenvalue weighted by atomic mass is 79.9. The van der Waals surface area contributed by atoms with Crippen LogP contribution in [0.3, 0.4) is 0 Å². The van der Waals surface area contributed by atoms with Gasteiger partial charge in [-0.25, -0.2) is 0 Å². The predicted octanol–water partition coefficient (Wildman–Crippen LogP) is 3.04. The van der Waals surface area contributed by atoms with E-state index in [9.17, 15) is 0 Å². The maximum atomic E-state index is 5.96. The van der Waals surface area contributed by atoms with Crippen LogP contribution >= 0.6 is 27.3 Å². The van der Waals surface area contributed by atoms with Crippen LogP contribution in [0.1, 0.15) is 19.4 Å². The van der Waals surface area contributed by atoms with E-state index in [0.717, 1.165) is 6.42 Å². The van der Waals surface area contributed by atoms with Crippen LogP contribution in [0.15, 0.2) is 15.2 Å². The van der Waals surface area contributed by atoms with Crippen molar-refractivity contribution in [2.75, 3.05) is 0 Å². The molecule has 0 bridgehead atoms. The Kier molecular flexibility index (Phi) is 3.75. The molecule has 1 heterocycles. The summed E-state index contributed by atoms with van der Waals surface area (Å²) in [5.41, 5.74) is 7.29. The van der Waals surface area contributed by atoms with Crippen LogP contribution in [0.4, 0.5) is 0 Å². The highest BCUT2D eigenvalue weighted by Crippen LogP contribution is 2.23. The number of rotatable bonds is 3. The third-order valence-corrected chi connectivity index (χ3v) is 3.83. The van der Waals surface area contributed by atoms with Crippen LogP contribution in [0, 0.1) is 5.92 Å². The normalized spacial score (nSPS) is 13.8. The maximum absolute atomic E-state index is 5.96. The van der Waals surface area contributed by atoms with Crippen molar-refractivity contribution in [2.24, 2.45) is 11.7 Å². The molecule has 12 heavy (non-hydrogen) atoms. The van der Waals surface area contributed by atoms with Crippen LogP contribution in [0.5, 0.6) is 0 Å². The zero-order valence-corrected chi connectivity index (χ0v) is 9.78. The standard InChI is InChI=1S/C9H14BrNS/c1-6(2)9(11)3-7-4-12-5-8(7)10/h4-6,9H,3,11H2,1-2H3. The van der Waals surface area contributed by atoms with E-state index in [4.69, 9.17) is 5.73 Å². The lowest BCUT2D eigenvalue weighted by Crippen LogP contribution is -2.28. The molecule has 2 N–H and O–H groups in total. The topological polar surface area (TPSA) is 26.0 Å². The van der Waals surface area contributed by atoms with Gasteiger partial charge in [0.2, 0.25) is 0 Å². The van der Waals surface area contributed by atoms with Crippen LogP contribution in [0.2, 0.25) is 0 Å². The second kappa shape index (κ2) is 4.40. The number of hydrogen-bond acceptors (Lipinski definition) is 2. The number of nitrogens with two attached hydrogens (primary N) is 1. The second-order valence-electron chi connectivity index (χ2n) is 3.36. The molecule has 1 nitrogen and oxygen atoms in total. The Morgan fingerprint density at radius 2 is 2.17 bits per heavy atom. The fourth-order valence-electron chi connectivity index (χ4n) is 0.943. The first-order chi connectivity index (χ1) is 5.61. The molecule has 0 amide bonds. The lowest BCUT2D eigenvalue weighted by molar-refractivity contribution is 0.490. The van der Waals surface area contributed by atoms with Gasteiger partial charge in [0.1, 0.15) is 0 Å². The molecule has 0 spiro atoms. The fourth-order valence-corrected chi connectivity index (χ4v) is 2.42. The third-order valence-electron chi connectivity index (χ3n) is 2.00. The number of halogens is 1. The third kappa shape index (κ3) is 2.57. The van der Waals surface area contributed by atoms with E-state index in [1.165, 1.54) is 10.0 Å². The molecule has 0 saturated carbocycles. The zero-order chi connectivity index (χ0) is 9.14. The number of thiophene rings is 1. The highest BCUT2D eigenvalue weighted by molar-refractivity contribution is 9.10. The average Bonchev–Trinajstić information content (AvgIpc) is 2.36. The van der Waals surface area contributed by atoms with Gasteiger partial charge < -0.3 is 5.73 Å². The monoisotopic (exact) mass is 247 g/mol. The molecule has 0 aliphatic carbocycles. The summed E-state index contributed by atoms with van der Waals surface area (Å²) in [5.74, 6) is 0.553. The fraction of sp³-hybridized carbons (Fsp3) is 0.556. The van der Waals surface area contributed by atoms with Crippen LogP contribution in [-0.2, 0) is 6.42 Å². The van der Waals surface area contributed by atoms with E-state index in [-0.39, 0.29) is 6.04 Å². The first-order valence-electron chi connectivity index (χ1n) is 4.07. The Morgan fingerprint density at radius 1 is 1.50 bits per heavy atom. The lowest BCUT2D eigenvalue weighted by atomic mass is 9.99. The summed E-state index contributed by atoms with van der Waals surface area (Å²) < 4.78 is 1.20. The average molecular weight is 248 g/mol. The summed E-state index contributed by atoms with van der Waals surface area (Å²) in [6.07, 6.45) is 0.974. The molecule has 0 aromatic carbocycles. The van der Waals surface area contributed by atoms with E-state index in [1.807, 2.05) is 0 Å². The highest BCUT2D eigenvalue weighted by Gasteiger charge is 2.10. The van der Waals surface area contributed by atoms with Gasteiger partial charge in [-0.3, -0.25) is 0 Å². The van der Waals surface area contributed by atoms with Gasteiger partial charge in [-0.15, -0.1) is 0 Å². The minimum Gasteiger partial charge on any atom is -0.327 e. The van der Waals surface area contributed by atoms with Crippen molar-refractivity contribution < 1.29 is 0 Å². The summed E-state index contributed by atoms with van der Waals surface area (Å²) in [4.78, 5) is 0. The summed E-state index contributed by atoms with van der Waals surface area (Å²) >= 11 is 5.22. The minimum atomic E-state index is 0.274. The van der Waals surface area contributed by atoms with Crippen LogP contribution < -0.4 is 5.73 Å². The zero-order valence-electron chi connectivity index (χ0n) is 7.38. The Bertz CT molecular complexity index is 244. The van der Waals surface area contributed by atoms with Gasteiger partial charge in [0, 0.05) is 15.9 Å². The summed E-state index contributed by atoms with van der Waals surface area (Å²) in [6.45, 7) is 4.32. The van der Waals surface area contributed by atoms with Crippen molar-refractivity contribution in [2.45, 2.75) is 26.3 Å². The van der Waals surface area contributed by atoms with Gasteiger partial charge in [-0.05, 0) is 39.2 Å². The Morgan fingerprint density at radius 3 is 2.58 bits per heavy atom. The van der Waals surface area contributed by atoms with Crippen LogP contribution in [0.25, 0.3) is 0 Å². The molecule has 0 fully saturated rings. The first-order valence-corrected chi connectivity index (χ1v) is 5.81. The minimum absolute atomic E-state index is 0.274. The van der Waals surface area contributed by atoms with Gasteiger partial charge in [0.15, 0.2) is 0 Å². The van der Waals surface area contributed by atoms with Gasteiger partial charge in [-0.1, -0.05) is 13.8 Å². The van der Waals surface area contributed by atoms with Crippen molar-refractivity contribution in [1.29, 1.82) is 0 Å². The summed E-state index contributed by atoms with van der Waals surface area (Å²) in [7, 11) is 0. The van der Waals surface area contributed by atoms with Crippen LogP contribution in [-0.4, -0.2) is 6.04 Å². The lowest BCUT2D eigenvalue weighted by Gasteiger charge is -2.14. The van der Waals surface area contributed by atoms with Crippen molar-refractivity contribution >= 4 is 27.3 Å². The van der Waals surface area contributed by atoms with Gasteiger partial charge in [0.25, 0.3) is 0 Å². The van der Waals surface area contributed by atoms with Gasteiger partial charge >= 0.3 is 0 Å². The van der Waals surface area contributed by atoms with Gasteiger partial charge in [0.05, 0.1) is 0 Å². The maximum Gasteiger partial charge on any atom is 0.0314 e. The smallest absolute Gasteiger partial charge is 0.0314 e. The molecular formula is C9H14BrNS. The molecule has 0 radical (unpaired) electrons. The number of hydrogen-bond donors (Lipinski definition) is 1. The second-order valence-corrected chi connectivity index (χ2v) is 4.95. The summed E-state index contributed by atoms with van der Waals surface area (Å²) in [5, 5.41) is 4.26. The Balaban J connectivity index is 2.58. The summed E-state index contributed by atoms with van der Waals surface area (Å²) in [6, 6.07) is 0.274. The molecule has 1 atom stereocenters. The quantitative estimate of drug-likeness (QED) is 0.874. The largest absolute Gasteiger partial charge is 0.327 e. The van der Waals surface area contributed by atoms with Crippen molar-refractivity contribution in [1.82, 2.24) is 0 Å². The SMILES string of the molecule is CC(C)C(N)Cc1cscc1Br. The van der Waals surface area contributed by atoms with E-state index >= 15 is 0 Å². The molecule has 1 aromatic rings. The molecule has 1 unspecified atom stereocenters. The Labute approximate surface area is 86.1 Å². The van der Waals surface area contributed by atoms with Crippen molar-refractivity contribution in [3.63, 3.8) is 0 Å². The molecule has 0 aliphatic heterocycles. The molecule has 3 heteroatoms. The van der Waals surface area contributed by atoms with Crippen molar-refractivity contribution in [3.8, 4) is 0 Å². The molecule has 0 aliphatic rings. The molecule has 68 valence electrons. The van der Waals surface area contributed by atoms with E-state index in [0.29, 0.717) is 5.92 Å². The molecule has 0 saturated heterocycles. The van der Waals surface area contributed by atoms with E-state index in [1.54, 1.807) is 11.3 Å². The van der Waals surface area contributed by atoms with E-state index in [2.05, 4.69) is 40.5 Å². The van der Waals surface area contributed by atoms with E-state index < -0.39 is 0 Å². The first kappa shape index (κ1) is 10.2. The molecule has 1 aromatic heterocycles. The van der Waals surface area contributed by atoms with Gasteiger partial charge in [-0.2, -0.15) is 11.3 Å². The van der Waals surface area contributed by atoms with Crippen molar-refractivity contribution in [3.05, 3.63) is 20.8 Å². The molecule has 1 rings (SSSR count). The Hall–Kier alpha value is 0.140. The predicted molar refractivity (Wildman–Crippen MR) is 58.5 cm³/mol.